The van der Waals surface area contributed by atoms with E-state index < -0.39 is 0 Å². The molecule has 0 saturated heterocycles. The van der Waals surface area contributed by atoms with E-state index in [1.807, 2.05) is 0 Å². The molecule has 0 amide bonds. The highest BCUT2D eigenvalue weighted by molar-refractivity contribution is 4.70. The minimum Gasteiger partial charge on any atom is -0.0654 e. The van der Waals surface area contributed by atoms with Gasteiger partial charge in [-0.15, -0.1) is 0 Å². The molecule has 0 aromatic heterocycles. The zero-order chi connectivity index (χ0) is 10.2. The first kappa shape index (κ1) is 12.1. The van der Waals surface area contributed by atoms with E-state index in [0.717, 1.165) is 11.8 Å². The highest BCUT2D eigenvalue weighted by Gasteiger charge is 2.17. The average molecular weight is 196 g/mol. The molecular formula is C14H28. The fourth-order valence-electron chi connectivity index (χ4n) is 2.86. The van der Waals surface area contributed by atoms with Crippen molar-refractivity contribution in [3.05, 3.63) is 0 Å². The Balaban J connectivity index is 1.95. The van der Waals surface area contributed by atoms with Crippen LogP contribution in [0.5, 0.6) is 0 Å². The van der Waals surface area contributed by atoms with Gasteiger partial charge in [0, 0.05) is 0 Å². The first-order chi connectivity index (χ1) is 6.83. The molecule has 1 saturated carbocycles. The Morgan fingerprint density at radius 2 is 1.79 bits per heavy atom. The molecule has 1 aliphatic rings. The van der Waals surface area contributed by atoms with Crippen molar-refractivity contribution in [1.82, 2.24) is 0 Å². The molecule has 1 fully saturated rings. The molecule has 0 radical (unpaired) electrons. The van der Waals surface area contributed by atoms with Gasteiger partial charge in [0.2, 0.25) is 0 Å². The molecule has 1 aliphatic carbocycles. The van der Waals surface area contributed by atoms with E-state index in [1.54, 1.807) is 0 Å². The van der Waals surface area contributed by atoms with Crippen molar-refractivity contribution in [3.63, 3.8) is 0 Å². The lowest BCUT2D eigenvalue weighted by Gasteiger charge is -2.26. The SMILES string of the molecule is CCCCCCCC1CCCC(C)C1. The van der Waals surface area contributed by atoms with E-state index >= 15 is 0 Å². The molecule has 0 spiro atoms. The van der Waals surface area contributed by atoms with Crippen molar-refractivity contribution >= 4 is 0 Å². The standard InChI is InChI=1S/C14H28/c1-3-4-5-6-7-10-14-11-8-9-13(2)12-14/h13-14H,3-12H2,1-2H3. The van der Waals surface area contributed by atoms with Crippen LogP contribution in [0, 0.1) is 11.8 Å². The van der Waals surface area contributed by atoms with Gasteiger partial charge in [-0.2, -0.15) is 0 Å². The Bertz CT molecular complexity index is 128. The molecule has 1 rings (SSSR count). The third-order valence-corrected chi connectivity index (χ3v) is 3.76. The molecule has 0 bridgehead atoms. The van der Waals surface area contributed by atoms with Crippen LogP contribution in [0.2, 0.25) is 0 Å². The third-order valence-electron chi connectivity index (χ3n) is 3.76. The zero-order valence-corrected chi connectivity index (χ0v) is 10.2. The van der Waals surface area contributed by atoms with E-state index in [0.29, 0.717) is 0 Å². The van der Waals surface area contributed by atoms with Crippen LogP contribution < -0.4 is 0 Å². The minimum atomic E-state index is 1.02. The van der Waals surface area contributed by atoms with Gasteiger partial charge in [0.05, 0.1) is 0 Å². The normalized spacial score (nSPS) is 27.9. The van der Waals surface area contributed by atoms with E-state index in [9.17, 15) is 0 Å². The fraction of sp³-hybridized carbons (Fsp3) is 1.00. The first-order valence-corrected chi connectivity index (χ1v) is 6.83. The Kier molecular flexibility index (Phi) is 6.31. The van der Waals surface area contributed by atoms with Crippen LogP contribution in [0.3, 0.4) is 0 Å². The lowest BCUT2D eigenvalue weighted by atomic mass is 9.80. The number of rotatable bonds is 6. The van der Waals surface area contributed by atoms with Gasteiger partial charge in [-0.05, 0) is 18.3 Å². The maximum absolute atomic E-state index is 2.43. The summed E-state index contributed by atoms with van der Waals surface area (Å²) in [6.07, 6.45) is 14.8. The lowest BCUT2D eigenvalue weighted by molar-refractivity contribution is 0.264. The second-order valence-corrected chi connectivity index (χ2v) is 5.34. The van der Waals surface area contributed by atoms with E-state index in [-0.39, 0.29) is 0 Å². The summed E-state index contributed by atoms with van der Waals surface area (Å²) in [4.78, 5) is 0. The molecule has 0 aliphatic heterocycles. The highest BCUT2D eigenvalue weighted by atomic mass is 14.2. The predicted molar refractivity (Wildman–Crippen MR) is 64.5 cm³/mol. The van der Waals surface area contributed by atoms with Crippen molar-refractivity contribution in [2.24, 2.45) is 11.8 Å². The average Bonchev–Trinajstić information content (AvgIpc) is 2.18. The van der Waals surface area contributed by atoms with Gasteiger partial charge in [0.15, 0.2) is 0 Å². The summed E-state index contributed by atoms with van der Waals surface area (Å²) in [6.45, 7) is 4.73. The maximum Gasteiger partial charge on any atom is -0.0412 e. The summed E-state index contributed by atoms with van der Waals surface area (Å²) in [5.74, 6) is 2.10. The van der Waals surface area contributed by atoms with Crippen LogP contribution in [0.25, 0.3) is 0 Å². The van der Waals surface area contributed by atoms with Crippen LogP contribution in [-0.4, -0.2) is 0 Å². The van der Waals surface area contributed by atoms with Crippen molar-refractivity contribution in [2.75, 3.05) is 0 Å². The topological polar surface area (TPSA) is 0 Å². The third kappa shape index (κ3) is 5.02. The molecule has 84 valence electrons. The molecule has 14 heavy (non-hydrogen) atoms. The molecule has 0 heterocycles. The monoisotopic (exact) mass is 196 g/mol. The van der Waals surface area contributed by atoms with Gasteiger partial charge in [-0.3, -0.25) is 0 Å². The first-order valence-electron chi connectivity index (χ1n) is 6.83. The van der Waals surface area contributed by atoms with Crippen molar-refractivity contribution in [3.8, 4) is 0 Å². The fourth-order valence-corrected chi connectivity index (χ4v) is 2.86. The molecule has 0 N–H and O–H groups in total. The number of unbranched alkanes of at least 4 members (excludes halogenated alkanes) is 4. The minimum absolute atomic E-state index is 1.02. The summed E-state index contributed by atoms with van der Waals surface area (Å²) < 4.78 is 0. The maximum atomic E-state index is 2.43. The molecular weight excluding hydrogens is 168 g/mol. The van der Waals surface area contributed by atoms with Crippen LogP contribution in [0.15, 0.2) is 0 Å². The largest absolute Gasteiger partial charge is 0.0654 e. The lowest BCUT2D eigenvalue weighted by Crippen LogP contribution is -2.12. The van der Waals surface area contributed by atoms with Gasteiger partial charge in [-0.1, -0.05) is 71.6 Å². The van der Waals surface area contributed by atoms with Crippen LogP contribution >= 0.6 is 0 Å². The predicted octanol–water partition coefficient (Wildman–Crippen LogP) is 5.17. The second-order valence-electron chi connectivity index (χ2n) is 5.34. The van der Waals surface area contributed by atoms with Gasteiger partial charge in [0.1, 0.15) is 0 Å². The number of hydrogen-bond donors (Lipinski definition) is 0. The van der Waals surface area contributed by atoms with Crippen LogP contribution in [0.4, 0.5) is 0 Å². The summed E-state index contributed by atoms with van der Waals surface area (Å²) in [7, 11) is 0. The van der Waals surface area contributed by atoms with Gasteiger partial charge < -0.3 is 0 Å². The van der Waals surface area contributed by atoms with Crippen LogP contribution in [-0.2, 0) is 0 Å². The Morgan fingerprint density at radius 3 is 2.50 bits per heavy atom. The van der Waals surface area contributed by atoms with E-state index in [1.165, 1.54) is 64.2 Å². The molecule has 0 aromatic carbocycles. The molecule has 2 atom stereocenters. The highest BCUT2D eigenvalue weighted by Crippen LogP contribution is 2.31. The van der Waals surface area contributed by atoms with E-state index in [2.05, 4.69) is 13.8 Å². The summed E-state index contributed by atoms with van der Waals surface area (Å²) in [5, 5.41) is 0. The number of hydrogen-bond acceptors (Lipinski definition) is 0. The molecule has 0 heteroatoms. The van der Waals surface area contributed by atoms with Gasteiger partial charge >= 0.3 is 0 Å². The molecule has 2 unspecified atom stereocenters. The van der Waals surface area contributed by atoms with Gasteiger partial charge in [-0.25, -0.2) is 0 Å². The summed E-state index contributed by atoms with van der Waals surface area (Å²) in [6, 6.07) is 0. The van der Waals surface area contributed by atoms with Crippen LogP contribution in [0.1, 0.15) is 78.1 Å². The quantitative estimate of drug-likeness (QED) is 0.514. The molecule has 0 nitrogen and oxygen atoms in total. The smallest absolute Gasteiger partial charge is 0.0412 e. The Labute approximate surface area is 90.5 Å². The van der Waals surface area contributed by atoms with Gasteiger partial charge in [0.25, 0.3) is 0 Å². The summed E-state index contributed by atoms with van der Waals surface area (Å²) in [5.41, 5.74) is 0. The van der Waals surface area contributed by atoms with E-state index in [4.69, 9.17) is 0 Å². The van der Waals surface area contributed by atoms with Crippen molar-refractivity contribution in [1.29, 1.82) is 0 Å². The Morgan fingerprint density at radius 1 is 1.00 bits per heavy atom. The Hall–Kier alpha value is 0. The molecule has 0 aromatic rings. The summed E-state index contributed by atoms with van der Waals surface area (Å²) >= 11 is 0. The van der Waals surface area contributed by atoms with Crippen molar-refractivity contribution in [2.45, 2.75) is 78.1 Å². The second kappa shape index (κ2) is 7.31. The zero-order valence-electron chi connectivity index (χ0n) is 10.2. The van der Waals surface area contributed by atoms with Crippen molar-refractivity contribution < 1.29 is 0 Å².